The van der Waals surface area contributed by atoms with Crippen molar-refractivity contribution in [3.05, 3.63) is 94.6 Å². The standard InChI is InChI=1S/4C14H17F5N6O/c2*1-7(26-12(15)16)6-25-8(2)10(5-22-25)23-13-21-4-9(14(17,18)19)11(20-3)24-13;2*1-7(26-12(15)16)5-25-6-10(8(2)24-25)22-13-21-4-9(14(17,18)19)11(20-3)23-13/h2*4-5,7,12H,6H2,1-3H3,(H2,20,21,23,24);2*4,6-7,12H,5H2,1-3H3,(H2,20,21,22,23)/t7-;;7-;/m1.1./s1. The Hall–Kier alpha value is -10.0. The van der Waals surface area contributed by atoms with Crippen molar-refractivity contribution in [2.45, 2.75) is 157 Å². The first-order valence-corrected chi connectivity index (χ1v) is 29.9. The summed E-state index contributed by atoms with van der Waals surface area (Å²) in [7, 11) is 5.26. The fraction of sp³-hybridized carbons (Fsp3) is 0.500. The number of hydrogen-bond acceptors (Lipinski definition) is 24. The van der Waals surface area contributed by atoms with Crippen LogP contribution in [0.3, 0.4) is 0 Å². The second-order valence-electron chi connectivity index (χ2n) is 21.5. The van der Waals surface area contributed by atoms with Crippen molar-refractivity contribution < 1.29 is 107 Å². The molecule has 0 aromatic carbocycles. The SMILES string of the molecule is CNc1nc(Nc2cn(CC(C)OC(F)F)nc2C)ncc1C(F)(F)F.CNc1nc(Nc2cn(C[C@@H](C)OC(F)F)nc2C)ncc1C(F)(F)F.CNc1nc(Nc2cnn(CC(C)OC(F)F)c2C)ncc1C(F)(F)F.CNc1nc(Nc2cnn(C[C@@H](C)OC(F)F)c2C)ncc1C(F)(F)F. The van der Waals surface area contributed by atoms with Gasteiger partial charge in [0.1, 0.15) is 45.5 Å². The molecule has 8 N–H and O–H groups in total. The highest BCUT2D eigenvalue weighted by Crippen LogP contribution is 2.38. The van der Waals surface area contributed by atoms with E-state index >= 15 is 0 Å². The molecule has 0 aliphatic rings. The fourth-order valence-corrected chi connectivity index (χ4v) is 8.71. The third-order valence-electron chi connectivity index (χ3n) is 13.5. The molecule has 576 valence electrons. The van der Waals surface area contributed by atoms with Crippen molar-refractivity contribution in [3.8, 4) is 0 Å². The van der Waals surface area contributed by atoms with Gasteiger partial charge >= 0.3 is 51.2 Å². The van der Waals surface area contributed by atoms with Crippen molar-refractivity contribution >= 4 is 69.8 Å². The number of nitrogens with zero attached hydrogens (tertiary/aromatic N) is 16. The van der Waals surface area contributed by atoms with Gasteiger partial charge in [0.05, 0.1) is 109 Å². The van der Waals surface area contributed by atoms with Gasteiger partial charge in [0.25, 0.3) is 0 Å². The zero-order valence-corrected chi connectivity index (χ0v) is 56.4. The predicted molar refractivity (Wildman–Crippen MR) is 334 cm³/mol. The quantitative estimate of drug-likeness (QED) is 0.0211. The molecule has 8 heterocycles. The lowest BCUT2D eigenvalue weighted by Gasteiger charge is -2.14. The van der Waals surface area contributed by atoms with Gasteiger partial charge < -0.3 is 61.5 Å². The molecule has 8 aromatic rings. The molecule has 0 radical (unpaired) electrons. The Kier molecular flexibility index (Phi) is 30.1. The van der Waals surface area contributed by atoms with Crippen LogP contribution in [0.2, 0.25) is 0 Å². The van der Waals surface area contributed by atoms with Crippen LogP contribution < -0.4 is 42.5 Å². The van der Waals surface area contributed by atoms with E-state index in [-0.39, 0.29) is 73.2 Å². The fourth-order valence-electron chi connectivity index (χ4n) is 8.71. The second kappa shape index (κ2) is 36.9. The Bertz CT molecular complexity index is 3620. The molecule has 0 spiro atoms. The Morgan fingerprint density at radius 1 is 0.356 bits per heavy atom. The summed E-state index contributed by atoms with van der Waals surface area (Å²) in [5.41, 5.74) is -0.154. The van der Waals surface area contributed by atoms with E-state index in [1.165, 1.54) is 99.4 Å². The van der Waals surface area contributed by atoms with Crippen molar-refractivity contribution in [2.75, 3.05) is 70.7 Å². The van der Waals surface area contributed by atoms with Gasteiger partial charge in [0, 0.05) is 65.4 Å². The average molecular weight is 1520 g/mol. The van der Waals surface area contributed by atoms with E-state index < -0.39 is 97.8 Å². The molecule has 0 fully saturated rings. The molecule has 104 heavy (non-hydrogen) atoms. The number of ether oxygens (including phenoxy) is 4. The maximum atomic E-state index is 12.9. The molecule has 0 saturated carbocycles. The highest BCUT2D eigenvalue weighted by molar-refractivity contribution is 5.61. The van der Waals surface area contributed by atoms with Crippen molar-refractivity contribution in [1.82, 2.24) is 79.0 Å². The molecular formula is C56H68F20N24O4. The lowest BCUT2D eigenvalue weighted by atomic mass is 10.3. The summed E-state index contributed by atoms with van der Waals surface area (Å²) < 4.78 is 275. The number of nitrogens with one attached hydrogen (secondary N) is 8. The lowest BCUT2D eigenvalue weighted by Crippen LogP contribution is -2.20. The van der Waals surface area contributed by atoms with Crippen LogP contribution in [0.1, 0.15) is 72.7 Å². The van der Waals surface area contributed by atoms with Gasteiger partial charge in [-0.3, -0.25) is 18.7 Å². The van der Waals surface area contributed by atoms with Crippen LogP contribution in [0.15, 0.2) is 49.6 Å². The summed E-state index contributed by atoms with van der Waals surface area (Å²) in [4.78, 5) is 29.8. The zero-order valence-electron chi connectivity index (χ0n) is 56.4. The van der Waals surface area contributed by atoms with Crippen LogP contribution in [0.5, 0.6) is 0 Å². The molecule has 28 nitrogen and oxygen atoms in total. The van der Waals surface area contributed by atoms with Crippen molar-refractivity contribution in [2.24, 2.45) is 0 Å². The molecule has 0 saturated heterocycles. The minimum Gasteiger partial charge on any atom is -0.372 e. The molecule has 0 bridgehead atoms. The molecule has 4 atom stereocenters. The van der Waals surface area contributed by atoms with Crippen LogP contribution in [0.4, 0.5) is 158 Å². The number of halogens is 20. The first-order chi connectivity index (χ1) is 48.4. The Morgan fingerprint density at radius 2 is 0.587 bits per heavy atom. The lowest BCUT2D eigenvalue weighted by molar-refractivity contribution is -0.162. The van der Waals surface area contributed by atoms with Gasteiger partial charge in [-0.05, 0) is 55.4 Å². The molecule has 0 amide bonds. The largest absolute Gasteiger partial charge is 0.421 e. The van der Waals surface area contributed by atoms with Crippen LogP contribution in [-0.4, -0.2) is 158 Å². The third kappa shape index (κ3) is 25.8. The van der Waals surface area contributed by atoms with Crippen molar-refractivity contribution in [1.29, 1.82) is 0 Å². The first-order valence-electron chi connectivity index (χ1n) is 29.9. The highest BCUT2D eigenvalue weighted by Gasteiger charge is 2.38. The molecule has 0 aliphatic carbocycles. The summed E-state index contributed by atoms with van der Waals surface area (Å²) in [5.74, 6) is -1.77. The van der Waals surface area contributed by atoms with E-state index in [0.717, 1.165) is 0 Å². The number of hydrogen-bond donors (Lipinski definition) is 8. The van der Waals surface area contributed by atoms with Gasteiger partial charge in [0.2, 0.25) is 23.8 Å². The Balaban J connectivity index is 0.000000249. The summed E-state index contributed by atoms with van der Waals surface area (Å²) in [5, 5.41) is 36.9. The number of alkyl halides is 20. The smallest absolute Gasteiger partial charge is 0.372 e. The predicted octanol–water partition coefficient (Wildman–Crippen LogP) is 13.7. The normalized spacial score (nSPS) is 13.1. The first kappa shape index (κ1) is 84.7. The summed E-state index contributed by atoms with van der Waals surface area (Å²) >= 11 is 0. The summed E-state index contributed by atoms with van der Waals surface area (Å²) in [6, 6.07) is 0. The average Bonchev–Trinajstić information content (AvgIpc) is 1.24. The van der Waals surface area contributed by atoms with Gasteiger partial charge in [-0.2, -0.15) is 128 Å². The van der Waals surface area contributed by atoms with Crippen LogP contribution in [0.25, 0.3) is 0 Å². The van der Waals surface area contributed by atoms with Crippen LogP contribution >= 0.6 is 0 Å². The molecule has 0 aliphatic heterocycles. The topological polar surface area (TPSA) is 308 Å². The van der Waals surface area contributed by atoms with E-state index in [1.807, 2.05) is 0 Å². The van der Waals surface area contributed by atoms with Crippen LogP contribution in [0, 0.1) is 27.7 Å². The van der Waals surface area contributed by atoms with Gasteiger partial charge in [-0.25, -0.2) is 19.9 Å². The maximum Gasteiger partial charge on any atom is 0.421 e. The monoisotopic (exact) mass is 1520 g/mol. The van der Waals surface area contributed by atoms with Crippen molar-refractivity contribution in [3.63, 3.8) is 0 Å². The van der Waals surface area contributed by atoms with Crippen LogP contribution in [-0.2, 0) is 69.8 Å². The number of aryl methyl sites for hydroxylation is 2. The van der Waals surface area contributed by atoms with E-state index in [1.54, 1.807) is 27.7 Å². The van der Waals surface area contributed by atoms with E-state index in [4.69, 9.17) is 0 Å². The second-order valence-corrected chi connectivity index (χ2v) is 21.5. The third-order valence-corrected chi connectivity index (χ3v) is 13.5. The minimum absolute atomic E-state index is 0.0677. The number of aromatic nitrogens is 16. The molecule has 48 heteroatoms. The maximum absolute atomic E-state index is 12.9. The van der Waals surface area contributed by atoms with E-state index in [9.17, 15) is 87.8 Å². The minimum atomic E-state index is -4.58. The van der Waals surface area contributed by atoms with Gasteiger partial charge in [0.15, 0.2) is 0 Å². The molecule has 8 aromatic heterocycles. The Labute approximate surface area is 576 Å². The Morgan fingerprint density at radius 3 is 0.808 bits per heavy atom. The highest BCUT2D eigenvalue weighted by atomic mass is 19.4. The number of anilines is 12. The van der Waals surface area contributed by atoms with Gasteiger partial charge in [-0.1, -0.05) is 0 Å². The van der Waals surface area contributed by atoms with Gasteiger partial charge in [-0.15, -0.1) is 0 Å². The van der Waals surface area contributed by atoms with E-state index in [2.05, 4.69) is 122 Å². The summed E-state index contributed by atoms with van der Waals surface area (Å²) in [6.45, 7) is 1.21. The summed E-state index contributed by atoms with van der Waals surface area (Å²) in [6.07, 6.45) is -13.0. The molecule has 8 rings (SSSR count). The zero-order chi connectivity index (χ0) is 77.9. The molecular weight excluding hydrogens is 1450 g/mol. The number of rotatable bonds is 28. The van der Waals surface area contributed by atoms with E-state index in [0.29, 0.717) is 70.3 Å². The molecule has 2 unspecified atom stereocenters.